The van der Waals surface area contributed by atoms with Gasteiger partial charge in [0, 0.05) is 22.8 Å². The summed E-state index contributed by atoms with van der Waals surface area (Å²) in [5.41, 5.74) is 1.23. The SMILES string of the molecule is O=P(Oc1ccccc1)(Oc1ccccc1)C(Nc1ccc(Cl)cc1)c1ccnc(C2CC2)n1. The standard InChI is InChI=1S/C26H23ClN3O3P/c27-20-13-15-21(16-14-20)29-26(24-17-18-28-25(30-24)19-11-12-19)34(31,32-22-7-3-1-4-8-22)33-23-9-5-2-6-10-23/h1-10,13-19,26,29H,11-12H2. The van der Waals surface area contributed by atoms with E-state index in [-0.39, 0.29) is 0 Å². The van der Waals surface area contributed by atoms with Crippen molar-refractivity contribution in [2.45, 2.75) is 24.5 Å². The number of rotatable bonds is 9. The molecule has 172 valence electrons. The number of aromatic nitrogens is 2. The largest absolute Gasteiger partial charge is 0.459 e. The van der Waals surface area contributed by atoms with Gasteiger partial charge in [0.05, 0.1) is 5.69 Å². The van der Waals surface area contributed by atoms with Crippen LogP contribution in [0.2, 0.25) is 5.02 Å². The Balaban J connectivity index is 1.59. The van der Waals surface area contributed by atoms with Crippen molar-refractivity contribution in [3.05, 3.63) is 114 Å². The van der Waals surface area contributed by atoms with Gasteiger partial charge in [0.1, 0.15) is 17.3 Å². The number of benzene rings is 3. The molecule has 1 unspecified atom stereocenters. The predicted molar refractivity (Wildman–Crippen MR) is 134 cm³/mol. The van der Waals surface area contributed by atoms with Crippen LogP contribution >= 0.6 is 19.2 Å². The van der Waals surface area contributed by atoms with E-state index in [1.807, 2.05) is 48.5 Å². The molecule has 1 aliphatic rings. The van der Waals surface area contributed by atoms with E-state index < -0.39 is 13.4 Å². The number of nitrogens with one attached hydrogen (secondary N) is 1. The number of anilines is 1. The van der Waals surface area contributed by atoms with Gasteiger partial charge >= 0.3 is 7.60 Å². The van der Waals surface area contributed by atoms with E-state index in [1.165, 1.54) is 0 Å². The minimum Gasteiger partial charge on any atom is -0.414 e. The summed E-state index contributed by atoms with van der Waals surface area (Å²) in [6, 6.07) is 26.9. The van der Waals surface area contributed by atoms with Gasteiger partial charge in [-0.25, -0.2) is 14.5 Å². The number of nitrogens with zero attached hydrogens (tertiary/aromatic N) is 2. The zero-order valence-electron chi connectivity index (χ0n) is 18.3. The summed E-state index contributed by atoms with van der Waals surface area (Å²) >= 11 is 6.08. The van der Waals surface area contributed by atoms with E-state index >= 15 is 0 Å². The molecule has 8 heteroatoms. The van der Waals surface area contributed by atoms with Crippen LogP contribution in [-0.2, 0) is 4.57 Å². The van der Waals surface area contributed by atoms with Crippen LogP contribution < -0.4 is 14.4 Å². The summed E-state index contributed by atoms with van der Waals surface area (Å²) in [5.74, 6) is 1.03. The lowest BCUT2D eigenvalue weighted by molar-refractivity contribution is 0.375. The van der Waals surface area contributed by atoms with Gasteiger partial charge in [-0.2, -0.15) is 0 Å². The molecule has 0 spiro atoms. The molecule has 34 heavy (non-hydrogen) atoms. The molecule has 1 atom stereocenters. The fourth-order valence-corrected chi connectivity index (χ4v) is 5.46. The third-order valence-corrected chi connectivity index (χ3v) is 7.54. The van der Waals surface area contributed by atoms with Crippen molar-refractivity contribution in [2.24, 2.45) is 0 Å². The van der Waals surface area contributed by atoms with Crippen LogP contribution in [0, 0.1) is 0 Å². The lowest BCUT2D eigenvalue weighted by Gasteiger charge is -2.28. The van der Waals surface area contributed by atoms with E-state index in [0.29, 0.717) is 33.8 Å². The molecule has 0 saturated heterocycles. The first-order chi connectivity index (χ1) is 16.6. The normalized spacial score (nSPS) is 14.3. The predicted octanol–water partition coefficient (Wildman–Crippen LogP) is 7.47. The molecule has 1 aliphatic carbocycles. The summed E-state index contributed by atoms with van der Waals surface area (Å²) in [4.78, 5) is 9.19. The molecule has 6 nitrogen and oxygen atoms in total. The first-order valence-corrected chi connectivity index (χ1v) is 13.0. The van der Waals surface area contributed by atoms with Gasteiger partial charge in [-0.15, -0.1) is 0 Å². The zero-order valence-corrected chi connectivity index (χ0v) is 19.9. The Morgan fingerprint density at radius 2 is 1.44 bits per heavy atom. The molecular weight excluding hydrogens is 469 g/mol. The third kappa shape index (κ3) is 5.41. The topological polar surface area (TPSA) is 73.3 Å². The maximum atomic E-state index is 14.6. The van der Waals surface area contributed by atoms with Crippen LogP contribution in [0.25, 0.3) is 0 Å². The molecule has 1 saturated carbocycles. The number of hydrogen-bond donors (Lipinski definition) is 1. The molecule has 1 N–H and O–H groups in total. The number of hydrogen-bond acceptors (Lipinski definition) is 6. The summed E-state index contributed by atoms with van der Waals surface area (Å²) < 4.78 is 26.9. The van der Waals surface area contributed by atoms with Crippen LogP contribution in [0.3, 0.4) is 0 Å². The highest BCUT2D eigenvalue weighted by molar-refractivity contribution is 7.55. The van der Waals surface area contributed by atoms with Crippen molar-refractivity contribution >= 4 is 24.9 Å². The summed E-state index contributed by atoms with van der Waals surface area (Å²) in [5, 5.41) is 3.93. The third-order valence-electron chi connectivity index (χ3n) is 5.33. The van der Waals surface area contributed by atoms with Crippen molar-refractivity contribution in [1.82, 2.24) is 9.97 Å². The first kappa shape index (κ1) is 22.5. The summed E-state index contributed by atoms with van der Waals surface area (Å²) in [7, 11) is -3.94. The second-order valence-corrected chi connectivity index (χ2v) is 10.4. The number of para-hydroxylation sites is 2. The lowest BCUT2D eigenvalue weighted by Crippen LogP contribution is -2.20. The van der Waals surface area contributed by atoms with Crippen molar-refractivity contribution in [2.75, 3.05) is 5.32 Å². The molecule has 5 rings (SSSR count). The van der Waals surface area contributed by atoms with Gasteiger partial charge in [0.15, 0.2) is 5.78 Å². The van der Waals surface area contributed by atoms with Gasteiger partial charge in [-0.05, 0) is 67.4 Å². The van der Waals surface area contributed by atoms with Gasteiger partial charge in [0.2, 0.25) is 0 Å². The van der Waals surface area contributed by atoms with Crippen LogP contribution in [0.1, 0.15) is 36.1 Å². The molecule has 4 aromatic rings. The molecule has 0 bridgehead atoms. The van der Waals surface area contributed by atoms with Crippen molar-refractivity contribution in [3.63, 3.8) is 0 Å². The van der Waals surface area contributed by atoms with E-state index in [0.717, 1.165) is 18.7 Å². The minimum absolute atomic E-state index is 0.334. The van der Waals surface area contributed by atoms with E-state index in [2.05, 4.69) is 10.3 Å². The van der Waals surface area contributed by atoms with Gasteiger partial charge in [-0.3, -0.25) is 0 Å². The Kier molecular flexibility index (Phi) is 6.52. The van der Waals surface area contributed by atoms with E-state index in [9.17, 15) is 4.57 Å². The second kappa shape index (κ2) is 9.88. The maximum Gasteiger partial charge on any atom is 0.459 e. The van der Waals surface area contributed by atoms with Crippen LogP contribution in [-0.4, -0.2) is 9.97 Å². The fourth-order valence-electron chi connectivity index (χ4n) is 3.48. The quantitative estimate of drug-likeness (QED) is 0.245. The van der Waals surface area contributed by atoms with Crippen LogP contribution in [0.4, 0.5) is 5.69 Å². The molecule has 1 heterocycles. The van der Waals surface area contributed by atoms with E-state index in [4.69, 9.17) is 25.6 Å². The molecule has 1 fully saturated rings. The van der Waals surface area contributed by atoms with Crippen molar-refractivity contribution in [1.29, 1.82) is 0 Å². The molecule has 1 aromatic heterocycles. The van der Waals surface area contributed by atoms with E-state index in [1.54, 1.807) is 48.7 Å². The molecular formula is C26H23ClN3O3P. The Morgan fingerprint density at radius 3 is 2.00 bits per heavy atom. The fraction of sp³-hybridized carbons (Fsp3) is 0.154. The highest BCUT2D eigenvalue weighted by Gasteiger charge is 2.42. The molecule has 0 amide bonds. The zero-order chi connectivity index (χ0) is 23.4. The highest BCUT2D eigenvalue weighted by Crippen LogP contribution is 2.60. The number of halogens is 1. The lowest BCUT2D eigenvalue weighted by atomic mass is 10.3. The summed E-state index contributed by atoms with van der Waals surface area (Å²) in [6.07, 6.45) is 3.80. The minimum atomic E-state index is -3.94. The Bertz CT molecular complexity index is 1240. The molecule has 0 radical (unpaired) electrons. The average molecular weight is 492 g/mol. The molecule has 3 aromatic carbocycles. The Hall–Kier alpha value is -3.34. The smallest absolute Gasteiger partial charge is 0.414 e. The Morgan fingerprint density at radius 1 is 0.853 bits per heavy atom. The van der Waals surface area contributed by atoms with Crippen molar-refractivity contribution < 1.29 is 13.6 Å². The molecule has 0 aliphatic heterocycles. The van der Waals surface area contributed by atoms with Gasteiger partial charge in [0.25, 0.3) is 0 Å². The summed E-state index contributed by atoms with van der Waals surface area (Å²) in [6.45, 7) is 0. The van der Waals surface area contributed by atoms with Gasteiger partial charge in [-0.1, -0.05) is 48.0 Å². The highest BCUT2D eigenvalue weighted by atomic mass is 35.5. The average Bonchev–Trinajstić information content (AvgIpc) is 3.71. The van der Waals surface area contributed by atoms with Crippen LogP contribution in [0.5, 0.6) is 11.5 Å². The van der Waals surface area contributed by atoms with Gasteiger partial charge < -0.3 is 14.4 Å². The first-order valence-electron chi connectivity index (χ1n) is 11.0. The monoisotopic (exact) mass is 491 g/mol. The maximum absolute atomic E-state index is 14.6. The Labute approximate surface area is 203 Å². The van der Waals surface area contributed by atoms with Crippen molar-refractivity contribution in [3.8, 4) is 11.5 Å². The van der Waals surface area contributed by atoms with Crippen LogP contribution in [0.15, 0.2) is 97.2 Å². The second-order valence-electron chi connectivity index (χ2n) is 8.02.